The number of hydrogen-bond donors (Lipinski definition) is 1. The van der Waals surface area contributed by atoms with Crippen LogP contribution in [0.5, 0.6) is 0 Å². The van der Waals surface area contributed by atoms with E-state index < -0.39 is 0 Å². The number of rotatable bonds is 12. The van der Waals surface area contributed by atoms with Gasteiger partial charge >= 0.3 is 0 Å². The maximum absolute atomic E-state index is 5.53. The van der Waals surface area contributed by atoms with Gasteiger partial charge in [0.15, 0.2) is 0 Å². The minimum Gasteiger partial charge on any atom is -0.330 e. The number of nitrogens with two attached hydrogens (primary N) is 1. The molecule has 16 heavy (non-hydrogen) atoms. The Labute approximate surface area is 103 Å². The molecule has 0 aliphatic rings. The molecule has 0 aromatic carbocycles. The summed E-state index contributed by atoms with van der Waals surface area (Å²) in [6.45, 7) is 8.98. The van der Waals surface area contributed by atoms with Gasteiger partial charge in [0.25, 0.3) is 0 Å². The maximum atomic E-state index is 5.53. The summed E-state index contributed by atoms with van der Waals surface area (Å²) in [5, 5.41) is 0. The first-order chi connectivity index (χ1) is 7.85. The average molecular weight is 228 g/mol. The van der Waals surface area contributed by atoms with Gasteiger partial charge in [0.1, 0.15) is 0 Å². The highest BCUT2D eigenvalue weighted by atomic mass is 15.1. The summed E-state index contributed by atoms with van der Waals surface area (Å²) >= 11 is 0. The summed E-state index contributed by atoms with van der Waals surface area (Å²) in [6, 6.07) is 0. The van der Waals surface area contributed by atoms with Crippen LogP contribution in [-0.4, -0.2) is 31.1 Å². The monoisotopic (exact) mass is 228 g/mol. The molecule has 0 bridgehead atoms. The van der Waals surface area contributed by atoms with E-state index in [1.807, 2.05) is 0 Å². The molecule has 0 aromatic rings. The molecule has 0 saturated heterocycles. The third-order valence-electron chi connectivity index (χ3n) is 3.20. The highest BCUT2D eigenvalue weighted by Gasteiger charge is 2.00. The summed E-state index contributed by atoms with van der Waals surface area (Å²) in [6.07, 6.45) is 11.0. The van der Waals surface area contributed by atoms with Crippen molar-refractivity contribution in [3.05, 3.63) is 0 Å². The van der Waals surface area contributed by atoms with E-state index >= 15 is 0 Å². The number of hydrogen-bond acceptors (Lipinski definition) is 2. The van der Waals surface area contributed by atoms with Crippen molar-refractivity contribution in [3.63, 3.8) is 0 Å². The fourth-order valence-corrected chi connectivity index (χ4v) is 2.04. The van der Waals surface area contributed by atoms with Crippen LogP contribution in [0.1, 0.15) is 65.2 Å². The van der Waals surface area contributed by atoms with Crippen LogP contribution in [0.25, 0.3) is 0 Å². The van der Waals surface area contributed by atoms with Gasteiger partial charge in [-0.1, -0.05) is 52.4 Å². The lowest BCUT2D eigenvalue weighted by Gasteiger charge is -2.19. The van der Waals surface area contributed by atoms with Gasteiger partial charge in [-0.25, -0.2) is 0 Å². The number of unbranched alkanes of at least 4 members (excludes halogenated alkanes) is 6. The summed E-state index contributed by atoms with van der Waals surface area (Å²) in [5.41, 5.74) is 5.53. The second kappa shape index (κ2) is 13.0. The Morgan fingerprint density at radius 2 is 1.31 bits per heavy atom. The third kappa shape index (κ3) is 10.4. The molecule has 0 rings (SSSR count). The summed E-state index contributed by atoms with van der Waals surface area (Å²) in [4.78, 5) is 2.53. The van der Waals surface area contributed by atoms with Crippen LogP contribution >= 0.6 is 0 Å². The van der Waals surface area contributed by atoms with Gasteiger partial charge < -0.3 is 10.6 Å². The second-order valence-electron chi connectivity index (χ2n) is 4.70. The van der Waals surface area contributed by atoms with Crippen molar-refractivity contribution in [2.75, 3.05) is 26.2 Å². The molecule has 0 saturated carbocycles. The van der Waals surface area contributed by atoms with E-state index in [2.05, 4.69) is 18.7 Å². The standard InChI is InChI=1S/C14H32N2/c1-3-5-6-7-8-9-10-13-16(4-2)14-11-12-15/h3-15H2,1-2H3. The van der Waals surface area contributed by atoms with Gasteiger partial charge in [0, 0.05) is 0 Å². The average Bonchev–Trinajstić information content (AvgIpc) is 2.32. The van der Waals surface area contributed by atoms with Crippen LogP contribution in [0.15, 0.2) is 0 Å². The fraction of sp³-hybridized carbons (Fsp3) is 1.00. The highest BCUT2D eigenvalue weighted by molar-refractivity contribution is 4.56. The zero-order chi connectivity index (χ0) is 12.1. The van der Waals surface area contributed by atoms with Gasteiger partial charge in [-0.15, -0.1) is 0 Å². The van der Waals surface area contributed by atoms with E-state index in [0.29, 0.717) is 0 Å². The first-order valence-corrected chi connectivity index (χ1v) is 7.27. The van der Waals surface area contributed by atoms with E-state index in [0.717, 1.165) is 13.0 Å². The predicted octanol–water partition coefficient (Wildman–Crippen LogP) is 3.41. The molecule has 0 aromatic heterocycles. The molecule has 2 heteroatoms. The lowest BCUT2D eigenvalue weighted by Crippen LogP contribution is -2.27. The number of nitrogens with zero attached hydrogens (tertiary/aromatic N) is 1. The molecule has 0 aliphatic heterocycles. The Hall–Kier alpha value is -0.0800. The van der Waals surface area contributed by atoms with Crippen molar-refractivity contribution < 1.29 is 0 Å². The van der Waals surface area contributed by atoms with Gasteiger partial charge in [0.05, 0.1) is 0 Å². The highest BCUT2D eigenvalue weighted by Crippen LogP contribution is 2.07. The minimum atomic E-state index is 0.827. The van der Waals surface area contributed by atoms with Crippen LogP contribution in [0, 0.1) is 0 Å². The molecule has 0 unspecified atom stereocenters. The molecule has 0 heterocycles. The maximum Gasteiger partial charge on any atom is -0.000683 e. The smallest absolute Gasteiger partial charge is 0.000683 e. The first kappa shape index (κ1) is 15.9. The zero-order valence-corrected chi connectivity index (χ0v) is 11.5. The Morgan fingerprint density at radius 3 is 1.88 bits per heavy atom. The van der Waals surface area contributed by atoms with Crippen LogP contribution in [0.3, 0.4) is 0 Å². The van der Waals surface area contributed by atoms with Crippen molar-refractivity contribution in [1.82, 2.24) is 4.90 Å². The third-order valence-corrected chi connectivity index (χ3v) is 3.20. The lowest BCUT2D eigenvalue weighted by molar-refractivity contribution is 0.278. The molecule has 2 N–H and O–H groups in total. The molecular formula is C14H32N2. The van der Waals surface area contributed by atoms with Crippen molar-refractivity contribution in [1.29, 1.82) is 0 Å². The van der Waals surface area contributed by atoms with Gasteiger partial charge in [-0.2, -0.15) is 0 Å². The molecule has 0 amide bonds. The SMILES string of the molecule is CCCCCCCCCN(CC)CCCN. The zero-order valence-electron chi connectivity index (χ0n) is 11.5. The van der Waals surface area contributed by atoms with E-state index in [9.17, 15) is 0 Å². The van der Waals surface area contributed by atoms with Crippen LogP contribution in [0.4, 0.5) is 0 Å². The van der Waals surface area contributed by atoms with Gasteiger partial charge in [0.2, 0.25) is 0 Å². The van der Waals surface area contributed by atoms with Gasteiger partial charge in [-0.3, -0.25) is 0 Å². The predicted molar refractivity (Wildman–Crippen MR) is 73.8 cm³/mol. The fourth-order valence-electron chi connectivity index (χ4n) is 2.04. The summed E-state index contributed by atoms with van der Waals surface area (Å²) in [7, 11) is 0. The van der Waals surface area contributed by atoms with E-state index in [4.69, 9.17) is 5.73 Å². The lowest BCUT2D eigenvalue weighted by atomic mass is 10.1. The van der Waals surface area contributed by atoms with Crippen molar-refractivity contribution in [2.45, 2.75) is 65.2 Å². The summed E-state index contributed by atoms with van der Waals surface area (Å²) < 4.78 is 0. The summed E-state index contributed by atoms with van der Waals surface area (Å²) in [5.74, 6) is 0. The van der Waals surface area contributed by atoms with Crippen LogP contribution in [0.2, 0.25) is 0 Å². The Balaban J connectivity index is 3.20. The molecule has 0 aliphatic carbocycles. The van der Waals surface area contributed by atoms with Gasteiger partial charge in [-0.05, 0) is 39.0 Å². The van der Waals surface area contributed by atoms with E-state index in [1.54, 1.807) is 0 Å². The van der Waals surface area contributed by atoms with Crippen molar-refractivity contribution >= 4 is 0 Å². The Morgan fingerprint density at radius 1 is 0.750 bits per heavy atom. The topological polar surface area (TPSA) is 29.3 Å². The minimum absolute atomic E-state index is 0.827. The first-order valence-electron chi connectivity index (χ1n) is 7.27. The van der Waals surface area contributed by atoms with E-state index in [1.165, 1.54) is 64.6 Å². The molecule has 0 spiro atoms. The molecule has 98 valence electrons. The molecule has 0 fully saturated rings. The quantitative estimate of drug-likeness (QED) is 0.519. The van der Waals surface area contributed by atoms with Crippen molar-refractivity contribution in [3.8, 4) is 0 Å². The second-order valence-corrected chi connectivity index (χ2v) is 4.70. The van der Waals surface area contributed by atoms with Crippen molar-refractivity contribution in [2.24, 2.45) is 5.73 Å². The molecule has 2 nitrogen and oxygen atoms in total. The molecular weight excluding hydrogens is 196 g/mol. The normalized spacial score (nSPS) is 11.2. The Kier molecular flexibility index (Phi) is 12.9. The Bertz CT molecular complexity index is 126. The molecule has 0 atom stereocenters. The van der Waals surface area contributed by atoms with E-state index in [-0.39, 0.29) is 0 Å². The van der Waals surface area contributed by atoms with Crippen LogP contribution in [-0.2, 0) is 0 Å². The van der Waals surface area contributed by atoms with Crippen LogP contribution < -0.4 is 5.73 Å². The molecule has 0 radical (unpaired) electrons. The largest absolute Gasteiger partial charge is 0.330 e.